The molecular weight excluding hydrogens is 490 g/mol. The number of benzene rings is 2. The largest absolute Gasteiger partial charge is 0.352 e. The first-order valence-corrected chi connectivity index (χ1v) is 13.7. The normalized spacial score (nSPS) is 13.0. The molecule has 0 spiro atoms. The molecule has 0 saturated carbocycles. The van der Waals surface area contributed by atoms with Crippen molar-refractivity contribution in [2.24, 2.45) is 4.99 Å². The van der Waals surface area contributed by atoms with Crippen molar-refractivity contribution in [3.05, 3.63) is 138 Å². The van der Waals surface area contributed by atoms with Crippen molar-refractivity contribution in [3.8, 4) is 0 Å². The lowest BCUT2D eigenvalue weighted by Crippen LogP contribution is -2.22. The number of aromatic nitrogens is 2. The van der Waals surface area contributed by atoms with Crippen LogP contribution in [0.25, 0.3) is 23.5 Å². The molecule has 204 valence electrons. The molecular formula is C35H39N5. The van der Waals surface area contributed by atoms with Crippen LogP contribution in [0.2, 0.25) is 0 Å². The summed E-state index contributed by atoms with van der Waals surface area (Å²) in [7, 11) is 0. The van der Waals surface area contributed by atoms with Crippen molar-refractivity contribution in [1.29, 1.82) is 0 Å². The van der Waals surface area contributed by atoms with E-state index in [-0.39, 0.29) is 0 Å². The summed E-state index contributed by atoms with van der Waals surface area (Å²) in [6.45, 7) is 24.2. The topological polar surface area (TPSA) is 45.5 Å². The van der Waals surface area contributed by atoms with Gasteiger partial charge < -0.3 is 10.2 Å². The van der Waals surface area contributed by atoms with Gasteiger partial charge in [-0.25, -0.2) is 9.67 Å². The Labute approximate surface area is 239 Å². The van der Waals surface area contributed by atoms with Crippen molar-refractivity contribution < 1.29 is 0 Å². The van der Waals surface area contributed by atoms with Crippen molar-refractivity contribution in [3.63, 3.8) is 0 Å². The molecule has 4 rings (SSSR count). The van der Waals surface area contributed by atoms with E-state index in [1.807, 2.05) is 42.2 Å². The van der Waals surface area contributed by atoms with E-state index >= 15 is 0 Å². The van der Waals surface area contributed by atoms with E-state index < -0.39 is 0 Å². The van der Waals surface area contributed by atoms with Gasteiger partial charge in [0.15, 0.2) is 0 Å². The van der Waals surface area contributed by atoms with Crippen LogP contribution in [-0.2, 0) is 13.1 Å². The predicted octanol–water partition coefficient (Wildman–Crippen LogP) is 8.21. The summed E-state index contributed by atoms with van der Waals surface area (Å²) in [6.07, 6.45) is 9.65. The number of hydrogen-bond donors (Lipinski definition) is 1. The molecule has 1 aromatic heterocycles. The van der Waals surface area contributed by atoms with Crippen LogP contribution in [0.3, 0.4) is 0 Å². The van der Waals surface area contributed by atoms with Gasteiger partial charge in [0.05, 0.1) is 29.0 Å². The van der Waals surface area contributed by atoms with Gasteiger partial charge in [-0.05, 0) is 48.6 Å². The SMILES string of the molecule is C=Cc1ccc(CN(Cc2ccc(C)cc2)C(=C)N=C/C(=C\C)C2=Cn3nc(C(=C)CCC)cc3C(=C)N2)cc1. The van der Waals surface area contributed by atoms with E-state index in [9.17, 15) is 0 Å². The zero-order chi connectivity index (χ0) is 28.6. The fourth-order valence-electron chi connectivity index (χ4n) is 4.51. The minimum Gasteiger partial charge on any atom is -0.352 e. The third-order valence-corrected chi connectivity index (χ3v) is 6.92. The van der Waals surface area contributed by atoms with Crippen molar-refractivity contribution >= 4 is 29.8 Å². The second-order valence-corrected chi connectivity index (χ2v) is 10.1. The molecule has 40 heavy (non-hydrogen) atoms. The molecule has 1 aliphatic heterocycles. The molecule has 0 fully saturated rings. The fourth-order valence-corrected chi connectivity index (χ4v) is 4.51. The van der Waals surface area contributed by atoms with Gasteiger partial charge in [0.2, 0.25) is 0 Å². The van der Waals surface area contributed by atoms with E-state index in [0.717, 1.165) is 52.3 Å². The standard InChI is InChI=1S/C35H39N5/c1-8-11-26(5)33-20-35-27(6)37-34(24-40(35)38-33)32(10-3)21-36-28(7)39(22-30-14-12-25(4)13-15-30)23-31-18-16-29(9-2)17-19-31/h9-10,12-21,24,37H,2,5-8,11,22-23H2,1,3-4H3/b32-10+,36-21?. The van der Waals surface area contributed by atoms with Gasteiger partial charge in [0.25, 0.3) is 0 Å². The monoisotopic (exact) mass is 529 g/mol. The first kappa shape index (κ1) is 28.4. The Morgan fingerprint density at radius 1 is 1.05 bits per heavy atom. The van der Waals surface area contributed by atoms with Gasteiger partial charge in [-0.15, -0.1) is 0 Å². The van der Waals surface area contributed by atoms with E-state index in [0.29, 0.717) is 18.9 Å². The van der Waals surface area contributed by atoms with Crippen LogP contribution >= 0.6 is 0 Å². The van der Waals surface area contributed by atoms with Gasteiger partial charge in [-0.1, -0.05) is 106 Å². The number of hydrogen-bond acceptors (Lipinski definition) is 4. The Hall–Kier alpha value is -4.64. The van der Waals surface area contributed by atoms with Crippen LogP contribution < -0.4 is 5.32 Å². The number of rotatable bonds is 12. The summed E-state index contributed by atoms with van der Waals surface area (Å²) >= 11 is 0. The average molecular weight is 530 g/mol. The zero-order valence-electron chi connectivity index (χ0n) is 24.0. The minimum absolute atomic E-state index is 0.681. The van der Waals surface area contributed by atoms with Gasteiger partial charge >= 0.3 is 0 Å². The number of allylic oxidation sites excluding steroid dienone is 3. The maximum Gasteiger partial charge on any atom is 0.121 e. The second-order valence-electron chi connectivity index (χ2n) is 10.1. The molecule has 2 heterocycles. The molecule has 0 aliphatic carbocycles. The first-order chi connectivity index (χ1) is 19.3. The molecule has 1 aliphatic rings. The molecule has 0 radical (unpaired) electrons. The second kappa shape index (κ2) is 12.9. The summed E-state index contributed by atoms with van der Waals surface area (Å²) in [6, 6.07) is 19.0. The smallest absolute Gasteiger partial charge is 0.121 e. The van der Waals surface area contributed by atoms with Gasteiger partial charge in [-0.2, -0.15) is 5.10 Å². The lowest BCUT2D eigenvalue weighted by molar-refractivity contribution is 0.327. The van der Waals surface area contributed by atoms with E-state index in [4.69, 9.17) is 10.1 Å². The van der Waals surface area contributed by atoms with E-state index in [2.05, 4.69) is 98.9 Å². The highest BCUT2D eigenvalue weighted by Gasteiger charge is 2.19. The summed E-state index contributed by atoms with van der Waals surface area (Å²) in [4.78, 5) is 7.01. The van der Waals surface area contributed by atoms with Crippen molar-refractivity contribution in [2.75, 3.05) is 0 Å². The molecule has 0 unspecified atom stereocenters. The molecule has 0 amide bonds. The van der Waals surface area contributed by atoms with Gasteiger partial charge in [0, 0.05) is 24.9 Å². The molecule has 3 aromatic rings. The molecule has 5 heteroatoms. The molecule has 0 saturated heterocycles. The molecule has 2 aromatic carbocycles. The highest BCUT2D eigenvalue weighted by atomic mass is 15.3. The van der Waals surface area contributed by atoms with Crippen LogP contribution in [0, 0.1) is 6.92 Å². The quantitative estimate of drug-likeness (QED) is 0.241. The third kappa shape index (κ3) is 6.86. The van der Waals surface area contributed by atoms with Crippen LogP contribution in [0.1, 0.15) is 60.3 Å². The van der Waals surface area contributed by atoms with Crippen molar-refractivity contribution in [1.82, 2.24) is 20.0 Å². The third-order valence-electron chi connectivity index (χ3n) is 6.92. The first-order valence-electron chi connectivity index (χ1n) is 13.7. The number of aliphatic imine (C=N–C) groups is 1. The minimum atomic E-state index is 0.681. The summed E-state index contributed by atoms with van der Waals surface area (Å²) in [5.41, 5.74) is 10.2. The van der Waals surface area contributed by atoms with Gasteiger partial charge in [-0.3, -0.25) is 0 Å². The van der Waals surface area contributed by atoms with E-state index in [1.54, 1.807) is 0 Å². The van der Waals surface area contributed by atoms with Crippen LogP contribution in [-0.4, -0.2) is 20.9 Å². The maximum absolute atomic E-state index is 4.82. The van der Waals surface area contributed by atoms with Crippen LogP contribution in [0.15, 0.2) is 109 Å². The van der Waals surface area contributed by atoms with Crippen molar-refractivity contribution in [2.45, 2.75) is 46.7 Å². The number of nitrogens with zero attached hydrogens (tertiary/aromatic N) is 4. The zero-order valence-corrected chi connectivity index (χ0v) is 24.0. The average Bonchev–Trinajstić information content (AvgIpc) is 3.40. The lowest BCUT2D eigenvalue weighted by Gasteiger charge is -2.25. The Morgan fingerprint density at radius 2 is 1.70 bits per heavy atom. The Morgan fingerprint density at radius 3 is 2.30 bits per heavy atom. The van der Waals surface area contributed by atoms with Crippen LogP contribution in [0.5, 0.6) is 0 Å². The number of fused-ring (bicyclic) bond motifs is 1. The van der Waals surface area contributed by atoms with E-state index in [1.165, 1.54) is 16.7 Å². The number of aryl methyl sites for hydroxylation is 1. The highest BCUT2D eigenvalue weighted by molar-refractivity contribution is 5.88. The molecule has 5 nitrogen and oxygen atoms in total. The summed E-state index contributed by atoms with van der Waals surface area (Å²) < 4.78 is 1.87. The maximum atomic E-state index is 4.82. The Balaban J connectivity index is 1.56. The van der Waals surface area contributed by atoms with Gasteiger partial charge in [0.1, 0.15) is 5.82 Å². The Kier molecular flexibility index (Phi) is 9.18. The summed E-state index contributed by atoms with van der Waals surface area (Å²) in [5.74, 6) is 0.681. The summed E-state index contributed by atoms with van der Waals surface area (Å²) in [5, 5.41) is 8.18. The highest BCUT2D eigenvalue weighted by Crippen LogP contribution is 2.26. The number of nitrogens with one attached hydrogen (secondary N) is 1. The molecule has 0 bridgehead atoms. The van der Waals surface area contributed by atoms with Crippen LogP contribution in [0.4, 0.5) is 0 Å². The molecule has 1 N–H and O–H groups in total. The lowest BCUT2D eigenvalue weighted by atomic mass is 10.1. The fraction of sp³-hybridized carbons (Fsp3) is 0.200. The Bertz CT molecular complexity index is 1490. The predicted molar refractivity (Wildman–Crippen MR) is 171 cm³/mol. The molecule has 0 atom stereocenters.